The van der Waals surface area contributed by atoms with Crippen molar-refractivity contribution in [2.24, 2.45) is 5.14 Å². The molecule has 0 aliphatic carbocycles. The Morgan fingerprint density at radius 2 is 1.83 bits per heavy atom. The summed E-state index contributed by atoms with van der Waals surface area (Å²) in [5, 5.41) is 5.04. The van der Waals surface area contributed by atoms with E-state index >= 15 is 0 Å². The van der Waals surface area contributed by atoms with Crippen LogP contribution in [0.4, 0.5) is 14.5 Å². The molecule has 0 radical (unpaired) electrons. The lowest BCUT2D eigenvalue weighted by molar-refractivity contribution is 0.563. The third-order valence-electron chi connectivity index (χ3n) is 2.93. The Hall–Kier alpha value is -2.14. The summed E-state index contributed by atoms with van der Waals surface area (Å²) in [6, 6.07) is 8.04. The van der Waals surface area contributed by atoms with Gasteiger partial charge in [-0.3, -0.25) is 4.55 Å². The van der Waals surface area contributed by atoms with Gasteiger partial charge in [-0.2, -0.15) is 0 Å². The van der Waals surface area contributed by atoms with E-state index in [0.717, 1.165) is 30.5 Å². The minimum Gasteiger partial charge on any atom is -0.289 e. The molecule has 2 aromatic carbocycles. The third-order valence-corrected chi connectivity index (χ3v) is 4.54. The van der Waals surface area contributed by atoms with Crippen LogP contribution in [0.3, 0.4) is 0 Å². The van der Waals surface area contributed by atoms with Crippen molar-refractivity contribution in [2.45, 2.75) is 4.90 Å². The van der Waals surface area contributed by atoms with Gasteiger partial charge >= 0.3 is 0 Å². The van der Waals surface area contributed by atoms with Gasteiger partial charge in [0.2, 0.25) is 10.0 Å². The number of benzene rings is 2. The van der Waals surface area contributed by atoms with Gasteiger partial charge in [0.05, 0.1) is 5.69 Å². The first-order chi connectivity index (χ1) is 11.2. The zero-order chi connectivity index (χ0) is 17.9. The molecule has 10 heteroatoms. The Balaban J connectivity index is 2.55. The van der Waals surface area contributed by atoms with E-state index in [1.54, 1.807) is 6.07 Å². The van der Waals surface area contributed by atoms with Gasteiger partial charge in [0, 0.05) is 11.8 Å². The Morgan fingerprint density at radius 1 is 1.17 bits per heavy atom. The molecule has 2 rings (SSSR count). The van der Waals surface area contributed by atoms with E-state index in [1.807, 2.05) is 0 Å². The van der Waals surface area contributed by atoms with Gasteiger partial charge in [0.15, 0.2) is 0 Å². The number of primary sulfonamides is 1. The van der Waals surface area contributed by atoms with Crippen LogP contribution >= 0.6 is 0 Å². The Labute approximate surface area is 139 Å². The fraction of sp³-hybridized carbons (Fsp3) is 0. The highest BCUT2D eigenvalue weighted by atomic mass is 32.2. The summed E-state index contributed by atoms with van der Waals surface area (Å²) >= 11 is -2.75. The van der Waals surface area contributed by atoms with Crippen LogP contribution < -0.4 is 9.44 Å². The van der Waals surface area contributed by atoms with Gasteiger partial charge in [-0.15, -0.1) is 0 Å². The third kappa shape index (κ3) is 4.23. The normalized spacial score (nSPS) is 13.2. The molecule has 0 bridgehead atoms. The van der Waals surface area contributed by atoms with Crippen molar-refractivity contribution < 1.29 is 26.0 Å². The molecule has 0 heterocycles. The van der Waals surface area contributed by atoms with Gasteiger partial charge in [0.1, 0.15) is 16.5 Å². The molecule has 0 spiro atoms. The van der Waals surface area contributed by atoms with Crippen molar-refractivity contribution in [3.63, 3.8) is 0 Å². The molecule has 24 heavy (non-hydrogen) atoms. The second-order valence-electron chi connectivity index (χ2n) is 4.55. The van der Waals surface area contributed by atoms with E-state index in [1.165, 1.54) is 18.2 Å². The van der Waals surface area contributed by atoms with Gasteiger partial charge in [-0.05, 0) is 30.3 Å². The average Bonchev–Trinajstić information content (AvgIpc) is 2.47. The smallest absolute Gasteiger partial charge is 0.266 e. The minimum atomic E-state index is -4.28. The van der Waals surface area contributed by atoms with Crippen molar-refractivity contribution >= 4 is 33.1 Å². The molecule has 0 aromatic heterocycles. The van der Waals surface area contributed by atoms with Crippen LogP contribution in [-0.4, -0.2) is 17.2 Å². The molecular formula is C14H12F2N2O4S2. The van der Waals surface area contributed by atoms with Crippen molar-refractivity contribution in [1.82, 2.24) is 0 Å². The van der Waals surface area contributed by atoms with E-state index in [9.17, 15) is 26.0 Å². The molecule has 128 valence electrons. The first kappa shape index (κ1) is 18.2. The molecule has 3 N–H and O–H groups in total. The predicted molar refractivity (Wildman–Crippen MR) is 86.5 cm³/mol. The van der Waals surface area contributed by atoms with E-state index in [2.05, 4.69) is 0 Å². The SMILES string of the molecule is NS(=O)(=O)c1ccc(F)cc1N(C=Cc1ccccc1F)S(=O)O. The second-order valence-corrected chi connectivity index (χ2v) is 6.94. The summed E-state index contributed by atoms with van der Waals surface area (Å²) in [6.07, 6.45) is 2.10. The molecule has 0 aliphatic heterocycles. The standard InChI is InChI=1S/C14H12F2N2O4S2/c15-11-5-6-14(24(17,21)22)13(9-11)18(23(19)20)8-7-10-3-1-2-4-12(10)16/h1-9H,(H,19,20)(H2,17,21,22). The maximum atomic E-state index is 13.6. The fourth-order valence-corrected chi connectivity index (χ4v) is 3.13. The minimum absolute atomic E-state index is 0.0847. The van der Waals surface area contributed by atoms with E-state index in [4.69, 9.17) is 5.14 Å². The number of hydrogen-bond acceptors (Lipinski definition) is 3. The lowest BCUT2D eigenvalue weighted by Gasteiger charge is -2.18. The van der Waals surface area contributed by atoms with E-state index < -0.39 is 43.5 Å². The van der Waals surface area contributed by atoms with Crippen LogP contribution in [-0.2, 0) is 21.3 Å². The molecule has 0 saturated carbocycles. The Bertz CT molecular complexity index is 917. The van der Waals surface area contributed by atoms with Crippen LogP contribution in [0.5, 0.6) is 0 Å². The quantitative estimate of drug-likeness (QED) is 0.784. The van der Waals surface area contributed by atoms with Crippen LogP contribution in [0.15, 0.2) is 53.6 Å². The summed E-state index contributed by atoms with van der Waals surface area (Å²) in [5.74, 6) is -1.43. The van der Waals surface area contributed by atoms with Crippen LogP contribution in [0.2, 0.25) is 0 Å². The maximum Gasteiger partial charge on any atom is 0.266 e. The van der Waals surface area contributed by atoms with Crippen molar-refractivity contribution in [2.75, 3.05) is 4.31 Å². The maximum absolute atomic E-state index is 13.6. The second kappa shape index (κ2) is 7.18. The number of hydrogen-bond donors (Lipinski definition) is 2. The molecule has 0 amide bonds. The largest absolute Gasteiger partial charge is 0.289 e. The molecule has 0 fully saturated rings. The number of rotatable bonds is 5. The number of nitrogens with two attached hydrogens (primary N) is 1. The highest BCUT2D eigenvalue weighted by Crippen LogP contribution is 2.27. The van der Waals surface area contributed by atoms with Crippen LogP contribution in [0.25, 0.3) is 6.08 Å². The van der Waals surface area contributed by atoms with Crippen LogP contribution in [0.1, 0.15) is 5.56 Å². The number of nitrogens with zero attached hydrogens (tertiary/aromatic N) is 1. The van der Waals surface area contributed by atoms with Gasteiger partial charge in [-0.25, -0.2) is 30.9 Å². The first-order valence-corrected chi connectivity index (χ1v) is 8.96. The zero-order valence-corrected chi connectivity index (χ0v) is 13.6. The summed E-state index contributed by atoms with van der Waals surface area (Å²) in [6.45, 7) is 0. The Morgan fingerprint density at radius 3 is 2.42 bits per heavy atom. The van der Waals surface area contributed by atoms with Crippen molar-refractivity contribution in [3.8, 4) is 0 Å². The average molecular weight is 374 g/mol. The van der Waals surface area contributed by atoms with E-state index in [-0.39, 0.29) is 5.56 Å². The fourth-order valence-electron chi connectivity index (χ4n) is 1.88. The zero-order valence-electron chi connectivity index (χ0n) is 12.0. The summed E-state index contributed by atoms with van der Waals surface area (Å²) < 4.78 is 71.7. The molecule has 0 saturated heterocycles. The molecule has 1 unspecified atom stereocenters. The number of halogens is 2. The summed E-state index contributed by atoms with van der Waals surface area (Å²) in [5.41, 5.74) is -0.368. The topological polar surface area (TPSA) is 101 Å². The molecule has 2 aromatic rings. The number of sulfonamides is 1. The predicted octanol–water partition coefficient (Wildman–Crippen LogP) is 2.23. The lowest BCUT2D eigenvalue weighted by atomic mass is 10.2. The lowest BCUT2D eigenvalue weighted by Crippen LogP contribution is -2.23. The Kier molecular flexibility index (Phi) is 5.44. The van der Waals surface area contributed by atoms with Gasteiger partial charge < -0.3 is 0 Å². The molecular weight excluding hydrogens is 362 g/mol. The molecule has 6 nitrogen and oxygen atoms in total. The van der Waals surface area contributed by atoms with Gasteiger partial charge in [0.25, 0.3) is 11.3 Å². The van der Waals surface area contributed by atoms with Crippen molar-refractivity contribution in [3.05, 3.63) is 65.9 Å². The first-order valence-electron chi connectivity index (χ1n) is 6.35. The highest BCUT2D eigenvalue weighted by Gasteiger charge is 2.21. The van der Waals surface area contributed by atoms with Gasteiger partial charge in [-0.1, -0.05) is 18.2 Å². The van der Waals surface area contributed by atoms with E-state index in [0.29, 0.717) is 4.31 Å². The summed E-state index contributed by atoms with van der Waals surface area (Å²) in [4.78, 5) is -0.551. The van der Waals surface area contributed by atoms with Crippen molar-refractivity contribution in [1.29, 1.82) is 0 Å². The summed E-state index contributed by atoms with van der Waals surface area (Å²) in [7, 11) is -4.28. The monoisotopic (exact) mass is 374 g/mol. The molecule has 0 aliphatic rings. The highest BCUT2D eigenvalue weighted by molar-refractivity contribution is 7.89. The van der Waals surface area contributed by atoms with Crippen LogP contribution in [0, 0.1) is 11.6 Å². The number of anilines is 1. The molecule has 1 atom stereocenters.